The molecule has 0 aliphatic carbocycles. The molecule has 1 aromatic rings. The number of benzene rings is 1. The molecule has 0 spiro atoms. The van der Waals surface area contributed by atoms with Crippen molar-refractivity contribution in [1.82, 2.24) is 0 Å². The summed E-state index contributed by atoms with van der Waals surface area (Å²) in [5, 5.41) is 0. The average Bonchev–Trinajstić information content (AvgIpc) is 2.25. The van der Waals surface area contributed by atoms with Crippen molar-refractivity contribution in [2.24, 2.45) is 5.73 Å². The summed E-state index contributed by atoms with van der Waals surface area (Å²) >= 11 is 0. The number of sulfone groups is 1. The predicted octanol–water partition coefficient (Wildman–Crippen LogP) is 2.67. The maximum Gasteiger partial charge on any atom is 0.416 e. The SMILES string of the molecule is CS(=O)(=O)CCCC(N)c1cc(F)ccc1C(F)(F)F. The lowest BCUT2D eigenvalue weighted by Gasteiger charge is -2.18. The summed E-state index contributed by atoms with van der Waals surface area (Å²) in [5.41, 5.74) is 4.28. The molecule has 20 heavy (non-hydrogen) atoms. The zero-order valence-electron chi connectivity index (χ0n) is 10.7. The Labute approximate surface area is 114 Å². The van der Waals surface area contributed by atoms with E-state index in [0.29, 0.717) is 6.07 Å². The minimum absolute atomic E-state index is 0.0274. The third kappa shape index (κ3) is 5.09. The topological polar surface area (TPSA) is 60.2 Å². The van der Waals surface area contributed by atoms with Crippen molar-refractivity contribution in [2.45, 2.75) is 25.1 Å². The molecule has 0 aromatic heterocycles. The smallest absolute Gasteiger partial charge is 0.324 e. The maximum atomic E-state index is 13.1. The average molecular weight is 313 g/mol. The Balaban J connectivity index is 2.91. The Morgan fingerprint density at radius 2 is 1.90 bits per heavy atom. The molecule has 1 atom stereocenters. The first-order valence-corrected chi connectivity index (χ1v) is 7.86. The maximum absolute atomic E-state index is 13.1. The van der Waals surface area contributed by atoms with Crippen molar-refractivity contribution in [3.63, 3.8) is 0 Å². The van der Waals surface area contributed by atoms with E-state index in [1.807, 2.05) is 0 Å². The fourth-order valence-corrected chi connectivity index (χ4v) is 2.51. The van der Waals surface area contributed by atoms with Crippen molar-refractivity contribution >= 4 is 9.84 Å². The molecule has 1 aromatic carbocycles. The van der Waals surface area contributed by atoms with Crippen LogP contribution < -0.4 is 5.73 Å². The molecule has 0 fully saturated rings. The number of hydrogen-bond acceptors (Lipinski definition) is 3. The second kappa shape index (κ2) is 6.09. The number of rotatable bonds is 5. The van der Waals surface area contributed by atoms with Crippen LogP contribution in [-0.4, -0.2) is 20.4 Å². The van der Waals surface area contributed by atoms with Crippen molar-refractivity contribution in [1.29, 1.82) is 0 Å². The Kier molecular flexibility index (Phi) is 5.15. The molecule has 3 nitrogen and oxygen atoms in total. The van der Waals surface area contributed by atoms with Crippen LogP contribution in [0.3, 0.4) is 0 Å². The van der Waals surface area contributed by atoms with Gasteiger partial charge in [0.2, 0.25) is 0 Å². The predicted molar refractivity (Wildman–Crippen MR) is 67.3 cm³/mol. The van der Waals surface area contributed by atoms with Crippen LogP contribution in [0.2, 0.25) is 0 Å². The summed E-state index contributed by atoms with van der Waals surface area (Å²) in [7, 11) is -3.20. The summed E-state index contributed by atoms with van der Waals surface area (Å²) in [6.45, 7) is 0. The molecule has 8 heteroatoms. The highest BCUT2D eigenvalue weighted by Gasteiger charge is 2.34. The van der Waals surface area contributed by atoms with E-state index >= 15 is 0 Å². The summed E-state index contributed by atoms with van der Waals surface area (Å²) in [4.78, 5) is 0. The summed E-state index contributed by atoms with van der Waals surface area (Å²) in [6.07, 6.45) is -3.45. The molecule has 0 amide bonds. The fourth-order valence-electron chi connectivity index (χ4n) is 1.82. The van der Waals surface area contributed by atoms with E-state index in [0.717, 1.165) is 18.4 Å². The Hall–Kier alpha value is -1.15. The van der Waals surface area contributed by atoms with E-state index in [2.05, 4.69) is 0 Å². The van der Waals surface area contributed by atoms with Gasteiger partial charge in [-0.1, -0.05) is 0 Å². The van der Waals surface area contributed by atoms with Crippen LogP contribution in [0, 0.1) is 5.82 Å². The zero-order valence-corrected chi connectivity index (χ0v) is 11.6. The fraction of sp³-hybridized carbons (Fsp3) is 0.500. The molecule has 1 rings (SSSR count). The Morgan fingerprint density at radius 3 is 2.40 bits per heavy atom. The van der Waals surface area contributed by atoms with Gasteiger partial charge in [-0.05, 0) is 36.6 Å². The van der Waals surface area contributed by atoms with E-state index in [4.69, 9.17) is 5.73 Å². The van der Waals surface area contributed by atoms with Crippen LogP contribution in [-0.2, 0) is 16.0 Å². The van der Waals surface area contributed by atoms with E-state index < -0.39 is 33.4 Å². The monoisotopic (exact) mass is 313 g/mol. The molecule has 0 saturated carbocycles. The van der Waals surface area contributed by atoms with Gasteiger partial charge >= 0.3 is 6.18 Å². The number of halogens is 4. The minimum atomic E-state index is -4.63. The minimum Gasteiger partial charge on any atom is -0.324 e. The van der Waals surface area contributed by atoms with Gasteiger partial charge < -0.3 is 5.73 Å². The second-order valence-electron chi connectivity index (χ2n) is 4.61. The molecule has 0 aliphatic rings. The molecule has 0 heterocycles. The van der Waals surface area contributed by atoms with Crippen molar-refractivity contribution in [2.75, 3.05) is 12.0 Å². The largest absolute Gasteiger partial charge is 0.416 e. The van der Waals surface area contributed by atoms with Crippen LogP contribution in [0.15, 0.2) is 18.2 Å². The summed E-state index contributed by atoms with van der Waals surface area (Å²) < 4.78 is 73.3. The lowest BCUT2D eigenvalue weighted by molar-refractivity contribution is -0.138. The number of nitrogens with two attached hydrogens (primary N) is 1. The molecular formula is C12H15F4NO2S. The molecule has 0 radical (unpaired) electrons. The van der Waals surface area contributed by atoms with E-state index in [9.17, 15) is 26.0 Å². The van der Waals surface area contributed by atoms with Gasteiger partial charge in [-0.25, -0.2) is 12.8 Å². The molecule has 1 unspecified atom stereocenters. The van der Waals surface area contributed by atoms with Gasteiger partial charge in [-0.15, -0.1) is 0 Å². The highest BCUT2D eigenvalue weighted by Crippen LogP contribution is 2.35. The first-order valence-electron chi connectivity index (χ1n) is 5.80. The second-order valence-corrected chi connectivity index (χ2v) is 6.87. The third-order valence-electron chi connectivity index (χ3n) is 2.75. The van der Waals surface area contributed by atoms with E-state index in [-0.39, 0.29) is 24.2 Å². The lowest BCUT2D eigenvalue weighted by Crippen LogP contribution is -2.18. The van der Waals surface area contributed by atoms with E-state index in [1.165, 1.54) is 0 Å². The van der Waals surface area contributed by atoms with Gasteiger partial charge in [0.05, 0.1) is 5.56 Å². The van der Waals surface area contributed by atoms with Crippen LogP contribution in [0.1, 0.15) is 30.0 Å². The van der Waals surface area contributed by atoms with Gasteiger partial charge in [0.1, 0.15) is 15.7 Å². The van der Waals surface area contributed by atoms with Gasteiger partial charge in [0.15, 0.2) is 0 Å². The van der Waals surface area contributed by atoms with Crippen LogP contribution in [0.25, 0.3) is 0 Å². The summed E-state index contributed by atoms with van der Waals surface area (Å²) in [5.74, 6) is -0.983. The molecule has 0 aliphatic heterocycles. The number of hydrogen-bond donors (Lipinski definition) is 1. The Bertz CT molecular complexity index is 569. The molecule has 0 bridgehead atoms. The lowest BCUT2D eigenvalue weighted by atomic mass is 9.97. The van der Waals surface area contributed by atoms with Gasteiger partial charge in [-0.3, -0.25) is 0 Å². The van der Waals surface area contributed by atoms with Crippen LogP contribution in [0.4, 0.5) is 17.6 Å². The van der Waals surface area contributed by atoms with Crippen molar-refractivity contribution in [3.8, 4) is 0 Å². The first kappa shape index (κ1) is 16.9. The van der Waals surface area contributed by atoms with Crippen LogP contribution in [0.5, 0.6) is 0 Å². The molecular weight excluding hydrogens is 298 g/mol. The highest BCUT2D eigenvalue weighted by molar-refractivity contribution is 7.90. The molecule has 0 saturated heterocycles. The molecule has 114 valence electrons. The van der Waals surface area contributed by atoms with E-state index in [1.54, 1.807) is 0 Å². The first-order chi connectivity index (χ1) is 9.00. The Morgan fingerprint density at radius 1 is 1.30 bits per heavy atom. The van der Waals surface area contributed by atoms with Crippen LogP contribution >= 0.6 is 0 Å². The summed E-state index contributed by atoms with van der Waals surface area (Å²) in [6, 6.07) is 1.04. The highest BCUT2D eigenvalue weighted by atomic mass is 32.2. The van der Waals surface area contributed by atoms with Gasteiger partial charge in [-0.2, -0.15) is 13.2 Å². The normalized spacial score (nSPS) is 14.3. The van der Waals surface area contributed by atoms with Crippen molar-refractivity contribution in [3.05, 3.63) is 35.1 Å². The quantitative estimate of drug-likeness (QED) is 0.850. The number of alkyl halides is 3. The zero-order chi connectivity index (χ0) is 15.6. The standard InChI is InChI=1S/C12H15F4NO2S/c1-20(18,19)6-2-3-11(17)9-7-8(13)4-5-10(9)12(14,15)16/h4-5,7,11H,2-3,6,17H2,1H3. The van der Waals surface area contributed by atoms with Gasteiger partial charge in [0.25, 0.3) is 0 Å². The van der Waals surface area contributed by atoms with Crippen molar-refractivity contribution < 1.29 is 26.0 Å². The third-order valence-corrected chi connectivity index (χ3v) is 3.78. The molecule has 2 N–H and O–H groups in total. The van der Waals surface area contributed by atoms with Gasteiger partial charge in [0, 0.05) is 18.1 Å².